The lowest BCUT2D eigenvalue weighted by Gasteiger charge is -2.24. The predicted octanol–water partition coefficient (Wildman–Crippen LogP) is 5.82. The molecule has 1 aromatic heterocycles. The molecular formula is C28H25N3OS. The minimum Gasteiger partial charge on any atom is -0.345 e. The standard InChI is InChI=1S/C28H25N3OS/c1-20-8-3-5-11-25(20)28(33)29(2)23-15-13-21(14-16-23)27(32)31-19-24-10-7-17-30(24)18-22-9-4-6-12-26(22)31/h3-17H,18-19H2,1-2H3. The molecule has 0 fully saturated rings. The number of anilines is 2. The van der Waals surface area contributed by atoms with Crippen molar-refractivity contribution < 1.29 is 4.79 Å². The van der Waals surface area contributed by atoms with Gasteiger partial charge in [-0.25, -0.2) is 0 Å². The third-order valence-corrected chi connectivity index (χ3v) is 6.79. The molecule has 2 heterocycles. The maximum atomic E-state index is 13.6. The van der Waals surface area contributed by atoms with Gasteiger partial charge in [0.15, 0.2) is 0 Å². The molecule has 0 aliphatic carbocycles. The highest BCUT2D eigenvalue weighted by atomic mass is 32.1. The number of hydrogen-bond acceptors (Lipinski definition) is 2. The zero-order chi connectivity index (χ0) is 22.9. The maximum absolute atomic E-state index is 13.6. The Morgan fingerprint density at radius 3 is 2.39 bits per heavy atom. The molecular weight excluding hydrogens is 426 g/mol. The molecule has 0 atom stereocenters. The van der Waals surface area contributed by atoms with Gasteiger partial charge in [-0.1, -0.05) is 54.7 Å². The Kier molecular flexibility index (Phi) is 5.56. The second-order valence-corrected chi connectivity index (χ2v) is 8.76. The van der Waals surface area contributed by atoms with E-state index >= 15 is 0 Å². The number of carbonyl (C=O) groups is 1. The quantitative estimate of drug-likeness (QED) is 0.368. The summed E-state index contributed by atoms with van der Waals surface area (Å²) in [5.74, 6) is -0.00668. The topological polar surface area (TPSA) is 28.5 Å². The van der Waals surface area contributed by atoms with Gasteiger partial charge in [-0.15, -0.1) is 0 Å². The van der Waals surface area contributed by atoms with Gasteiger partial charge in [-0.3, -0.25) is 4.79 Å². The summed E-state index contributed by atoms with van der Waals surface area (Å²) in [6.07, 6.45) is 2.07. The minimum atomic E-state index is -0.00668. The van der Waals surface area contributed by atoms with Crippen LogP contribution in [0.5, 0.6) is 0 Å². The monoisotopic (exact) mass is 451 g/mol. The van der Waals surface area contributed by atoms with Gasteiger partial charge in [0.1, 0.15) is 4.99 Å². The van der Waals surface area contributed by atoms with Crippen LogP contribution in [-0.2, 0) is 13.1 Å². The molecule has 0 saturated carbocycles. The SMILES string of the molecule is Cc1ccccc1C(=S)N(C)c1ccc(C(=O)N2Cc3cccn3Cc3ccccc32)cc1. The molecule has 1 aliphatic heterocycles. The Balaban J connectivity index is 1.42. The first-order valence-corrected chi connectivity index (χ1v) is 11.4. The van der Waals surface area contributed by atoms with Crippen molar-refractivity contribution in [2.45, 2.75) is 20.0 Å². The van der Waals surface area contributed by atoms with Crippen molar-refractivity contribution in [1.29, 1.82) is 0 Å². The summed E-state index contributed by atoms with van der Waals surface area (Å²) >= 11 is 5.74. The van der Waals surface area contributed by atoms with E-state index in [0.29, 0.717) is 12.1 Å². The largest absolute Gasteiger partial charge is 0.345 e. The first-order chi connectivity index (χ1) is 16.0. The number of nitrogens with zero attached hydrogens (tertiary/aromatic N) is 3. The summed E-state index contributed by atoms with van der Waals surface area (Å²) in [6, 6.07) is 28.1. The van der Waals surface area contributed by atoms with Crippen LogP contribution in [-0.4, -0.2) is 22.5 Å². The van der Waals surface area contributed by atoms with Crippen molar-refractivity contribution in [2.24, 2.45) is 0 Å². The number of carbonyl (C=O) groups excluding carboxylic acids is 1. The van der Waals surface area contributed by atoms with Crippen LogP contribution in [0.2, 0.25) is 0 Å². The van der Waals surface area contributed by atoms with Crippen LogP contribution in [0.25, 0.3) is 0 Å². The highest BCUT2D eigenvalue weighted by Gasteiger charge is 2.24. The van der Waals surface area contributed by atoms with E-state index in [-0.39, 0.29) is 5.91 Å². The first-order valence-electron chi connectivity index (χ1n) is 11.0. The fourth-order valence-electron chi connectivity index (χ4n) is 4.36. The van der Waals surface area contributed by atoms with Crippen molar-refractivity contribution in [3.8, 4) is 0 Å². The number of fused-ring (bicyclic) bond motifs is 2. The summed E-state index contributed by atoms with van der Waals surface area (Å²) in [5, 5.41) is 0. The van der Waals surface area contributed by atoms with Crippen LogP contribution in [0.1, 0.15) is 32.7 Å². The molecule has 4 aromatic rings. The van der Waals surface area contributed by atoms with Gasteiger partial charge in [0.25, 0.3) is 5.91 Å². The van der Waals surface area contributed by atoms with Crippen LogP contribution >= 0.6 is 12.2 Å². The highest BCUT2D eigenvalue weighted by molar-refractivity contribution is 7.81. The third kappa shape index (κ3) is 3.96. The van der Waals surface area contributed by atoms with Crippen molar-refractivity contribution in [3.63, 3.8) is 0 Å². The number of amides is 1. The van der Waals surface area contributed by atoms with E-state index in [1.54, 1.807) is 0 Å². The van der Waals surface area contributed by atoms with Crippen LogP contribution in [0.15, 0.2) is 91.1 Å². The zero-order valence-corrected chi connectivity index (χ0v) is 19.5. The molecule has 4 nitrogen and oxygen atoms in total. The number of aryl methyl sites for hydroxylation is 1. The molecule has 33 heavy (non-hydrogen) atoms. The molecule has 1 amide bonds. The summed E-state index contributed by atoms with van der Waals surface area (Å²) in [7, 11) is 1.96. The lowest BCUT2D eigenvalue weighted by molar-refractivity contribution is 0.0985. The summed E-state index contributed by atoms with van der Waals surface area (Å²) in [4.78, 5) is 18.2. The zero-order valence-electron chi connectivity index (χ0n) is 18.7. The molecule has 0 radical (unpaired) electrons. The number of aromatic nitrogens is 1. The van der Waals surface area contributed by atoms with E-state index in [0.717, 1.165) is 45.3 Å². The Hall–Kier alpha value is -3.70. The lowest BCUT2D eigenvalue weighted by Crippen LogP contribution is -2.30. The Labute approximate surface area is 199 Å². The smallest absolute Gasteiger partial charge is 0.258 e. The fourth-order valence-corrected chi connectivity index (χ4v) is 4.70. The fraction of sp³-hybridized carbons (Fsp3) is 0.143. The Morgan fingerprint density at radius 1 is 0.879 bits per heavy atom. The molecule has 5 rings (SSSR count). The van der Waals surface area contributed by atoms with Crippen molar-refractivity contribution in [3.05, 3.63) is 119 Å². The van der Waals surface area contributed by atoms with E-state index in [9.17, 15) is 4.79 Å². The normalized spacial score (nSPS) is 12.5. The third-order valence-electron chi connectivity index (χ3n) is 6.29. The average molecular weight is 452 g/mol. The van der Waals surface area contributed by atoms with Crippen molar-refractivity contribution in [1.82, 2.24) is 4.57 Å². The van der Waals surface area contributed by atoms with Gasteiger partial charge in [-0.2, -0.15) is 0 Å². The van der Waals surface area contributed by atoms with E-state index in [2.05, 4.69) is 35.9 Å². The summed E-state index contributed by atoms with van der Waals surface area (Å²) < 4.78 is 2.21. The van der Waals surface area contributed by atoms with Gasteiger partial charge in [0.05, 0.1) is 6.54 Å². The molecule has 3 aromatic carbocycles. The highest BCUT2D eigenvalue weighted by Crippen LogP contribution is 2.29. The van der Waals surface area contributed by atoms with E-state index in [1.807, 2.05) is 83.6 Å². The molecule has 0 unspecified atom stereocenters. The van der Waals surface area contributed by atoms with Gasteiger partial charge >= 0.3 is 0 Å². The van der Waals surface area contributed by atoms with Crippen LogP contribution in [0.3, 0.4) is 0 Å². The molecule has 1 aliphatic rings. The second-order valence-electron chi connectivity index (χ2n) is 8.37. The Bertz CT molecular complexity index is 1340. The van der Waals surface area contributed by atoms with Gasteiger partial charge in [0, 0.05) is 48.0 Å². The van der Waals surface area contributed by atoms with E-state index < -0.39 is 0 Å². The van der Waals surface area contributed by atoms with Crippen LogP contribution in [0, 0.1) is 6.92 Å². The van der Waals surface area contributed by atoms with Crippen LogP contribution in [0.4, 0.5) is 11.4 Å². The molecule has 5 heteroatoms. The number of para-hydroxylation sites is 1. The molecule has 164 valence electrons. The summed E-state index contributed by atoms with van der Waals surface area (Å²) in [6.45, 7) is 3.37. The lowest BCUT2D eigenvalue weighted by atomic mass is 10.1. The predicted molar refractivity (Wildman–Crippen MR) is 138 cm³/mol. The second kappa shape index (κ2) is 8.68. The molecule has 0 bridgehead atoms. The molecule has 0 spiro atoms. The number of benzene rings is 3. The van der Waals surface area contributed by atoms with Gasteiger partial charge in [0.2, 0.25) is 0 Å². The average Bonchev–Trinajstić information content (AvgIpc) is 3.22. The van der Waals surface area contributed by atoms with Gasteiger partial charge < -0.3 is 14.4 Å². The van der Waals surface area contributed by atoms with Crippen molar-refractivity contribution >= 4 is 34.5 Å². The van der Waals surface area contributed by atoms with E-state index in [1.165, 1.54) is 0 Å². The maximum Gasteiger partial charge on any atom is 0.258 e. The van der Waals surface area contributed by atoms with Gasteiger partial charge in [-0.05, 0) is 60.5 Å². The molecule has 0 N–H and O–H groups in total. The van der Waals surface area contributed by atoms with Crippen molar-refractivity contribution in [2.75, 3.05) is 16.8 Å². The number of hydrogen-bond donors (Lipinski definition) is 0. The first kappa shape index (κ1) is 21.2. The van der Waals surface area contributed by atoms with Crippen LogP contribution < -0.4 is 9.80 Å². The summed E-state index contributed by atoms with van der Waals surface area (Å²) in [5.41, 5.74) is 7.02. The Morgan fingerprint density at radius 2 is 1.61 bits per heavy atom. The number of thiocarbonyl (C=S) groups is 1. The number of rotatable bonds is 3. The minimum absolute atomic E-state index is 0.00668. The van der Waals surface area contributed by atoms with E-state index in [4.69, 9.17) is 12.2 Å². The molecule has 0 saturated heterocycles.